The second kappa shape index (κ2) is 10.4. The Bertz CT molecular complexity index is 1080. The van der Waals surface area contributed by atoms with Crippen LogP contribution in [0.4, 0.5) is 18.0 Å². The molecule has 1 aromatic carbocycles. The molecule has 0 spiro atoms. The highest BCUT2D eigenvalue weighted by Crippen LogP contribution is 2.36. The minimum absolute atomic E-state index is 0.111. The second-order valence-corrected chi connectivity index (χ2v) is 11.6. The van der Waals surface area contributed by atoms with Gasteiger partial charge in [0, 0.05) is 25.7 Å². The number of halogens is 3. The van der Waals surface area contributed by atoms with Gasteiger partial charge < -0.3 is 14.4 Å². The summed E-state index contributed by atoms with van der Waals surface area (Å²) >= 11 is 0. The Morgan fingerprint density at radius 2 is 1.69 bits per heavy atom. The maximum atomic E-state index is 13.5. The third-order valence-corrected chi connectivity index (χ3v) is 7.65. The summed E-state index contributed by atoms with van der Waals surface area (Å²) in [6.45, 7) is 6.05. The van der Waals surface area contributed by atoms with Crippen molar-refractivity contribution in [3.63, 3.8) is 0 Å². The van der Waals surface area contributed by atoms with Crippen LogP contribution in [0.5, 0.6) is 5.75 Å². The Balaban J connectivity index is 1.64. The molecule has 2 heterocycles. The fraction of sp³-hybridized carbons (Fsp3) is 0.652. The van der Waals surface area contributed by atoms with E-state index in [2.05, 4.69) is 4.72 Å². The van der Waals surface area contributed by atoms with E-state index in [1.54, 1.807) is 25.7 Å². The minimum atomic E-state index is -4.89. The summed E-state index contributed by atoms with van der Waals surface area (Å²) in [7, 11) is -3.30. The van der Waals surface area contributed by atoms with Gasteiger partial charge in [-0.2, -0.15) is 13.2 Å². The third-order valence-electron chi connectivity index (χ3n) is 6.08. The molecule has 36 heavy (non-hydrogen) atoms. The number of alkyl halides is 3. The number of hydrogen-bond acceptors (Lipinski definition) is 6. The van der Waals surface area contributed by atoms with E-state index in [-0.39, 0.29) is 37.6 Å². The first kappa shape index (κ1) is 28.0. The molecule has 0 saturated carbocycles. The van der Waals surface area contributed by atoms with E-state index in [0.717, 1.165) is 12.1 Å². The lowest BCUT2D eigenvalue weighted by Gasteiger charge is -2.36. The van der Waals surface area contributed by atoms with E-state index >= 15 is 0 Å². The maximum Gasteiger partial charge on any atom is 0.417 e. The van der Waals surface area contributed by atoms with E-state index in [1.165, 1.54) is 12.0 Å². The highest BCUT2D eigenvalue weighted by molar-refractivity contribution is 7.89. The van der Waals surface area contributed by atoms with Crippen LogP contribution in [0.25, 0.3) is 0 Å². The van der Waals surface area contributed by atoms with Crippen molar-refractivity contribution in [3.8, 4) is 5.75 Å². The Morgan fingerprint density at radius 3 is 2.25 bits per heavy atom. The molecule has 3 rings (SSSR count). The Morgan fingerprint density at radius 1 is 1.06 bits per heavy atom. The molecule has 2 amide bonds. The van der Waals surface area contributed by atoms with Crippen LogP contribution < -0.4 is 9.46 Å². The lowest BCUT2D eigenvalue weighted by Crippen LogP contribution is -2.53. The first-order chi connectivity index (χ1) is 16.6. The molecule has 0 aliphatic carbocycles. The summed E-state index contributed by atoms with van der Waals surface area (Å²) < 4.78 is 78.8. The highest BCUT2D eigenvalue weighted by Gasteiger charge is 2.41. The van der Waals surface area contributed by atoms with Crippen LogP contribution in [0, 0.1) is 0 Å². The summed E-state index contributed by atoms with van der Waals surface area (Å²) in [5.41, 5.74) is -2.01. The zero-order valence-corrected chi connectivity index (χ0v) is 21.5. The van der Waals surface area contributed by atoms with E-state index in [1.807, 2.05) is 0 Å². The van der Waals surface area contributed by atoms with Gasteiger partial charge in [-0.15, -0.1) is 0 Å². The molecule has 202 valence electrons. The number of carbonyl (C=O) groups excluding carboxylic acids is 2. The molecule has 1 atom stereocenters. The molecule has 2 aliphatic heterocycles. The number of sulfonamides is 1. The van der Waals surface area contributed by atoms with Crippen LogP contribution in [0.3, 0.4) is 0 Å². The number of nitrogens with one attached hydrogen (secondary N) is 1. The number of methoxy groups -OCH3 is 1. The largest absolute Gasteiger partial charge is 0.497 e. The van der Waals surface area contributed by atoms with E-state index < -0.39 is 50.4 Å². The van der Waals surface area contributed by atoms with Crippen molar-refractivity contribution in [3.05, 3.63) is 23.8 Å². The number of benzene rings is 1. The van der Waals surface area contributed by atoms with Gasteiger partial charge in [0.15, 0.2) is 0 Å². The molecule has 13 heteroatoms. The van der Waals surface area contributed by atoms with E-state index in [9.17, 15) is 31.2 Å². The van der Waals surface area contributed by atoms with Gasteiger partial charge in [0.05, 0.1) is 17.6 Å². The zero-order valence-electron chi connectivity index (χ0n) is 20.7. The molecule has 1 N–H and O–H groups in total. The smallest absolute Gasteiger partial charge is 0.417 e. The fourth-order valence-corrected chi connectivity index (χ4v) is 5.88. The van der Waals surface area contributed by atoms with Gasteiger partial charge in [-0.05, 0) is 64.7 Å². The van der Waals surface area contributed by atoms with Gasteiger partial charge in [-0.1, -0.05) is 0 Å². The van der Waals surface area contributed by atoms with Crippen molar-refractivity contribution in [2.75, 3.05) is 26.7 Å². The summed E-state index contributed by atoms with van der Waals surface area (Å²) in [4.78, 5) is 27.7. The van der Waals surface area contributed by atoms with Crippen molar-refractivity contribution in [1.29, 1.82) is 0 Å². The summed E-state index contributed by atoms with van der Waals surface area (Å²) in [6.07, 6.45) is -3.84. The molecular formula is C23H32F3N3O6S. The monoisotopic (exact) mass is 535 g/mol. The Hall–Kier alpha value is -2.54. The maximum absolute atomic E-state index is 13.5. The van der Waals surface area contributed by atoms with Crippen molar-refractivity contribution in [1.82, 2.24) is 14.5 Å². The third kappa shape index (κ3) is 6.61. The number of piperidine rings is 1. The number of hydrogen-bond donors (Lipinski definition) is 1. The predicted octanol–water partition coefficient (Wildman–Crippen LogP) is 3.38. The van der Waals surface area contributed by atoms with Gasteiger partial charge in [-0.25, -0.2) is 17.9 Å². The van der Waals surface area contributed by atoms with Gasteiger partial charge in [0.2, 0.25) is 15.9 Å². The van der Waals surface area contributed by atoms with Crippen molar-refractivity contribution >= 4 is 22.0 Å². The first-order valence-electron chi connectivity index (χ1n) is 11.7. The standard InChI is InChI=1S/C23H32F3N3O6S/c1-22(2,3)35-21(31)29-11-5-6-18(29)20(30)28-12-9-15(10-13-28)27-36(32,33)19-8-7-16(34-4)14-17(19)23(24,25)26/h7-8,14-15,18,27H,5-6,9-13H2,1-4H3/t18-/m0/s1. The number of nitrogens with zero attached hydrogens (tertiary/aromatic N) is 2. The van der Waals surface area contributed by atoms with E-state index in [0.29, 0.717) is 25.5 Å². The second-order valence-electron chi connectivity index (χ2n) is 9.91. The molecule has 0 bridgehead atoms. The number of ether oxygens (including phenoxy) is 2. The lowest BCUT2D eigenvalue weighted by atomic mass is 10.0. The molecule has 0 aromatic heterocycles. The average Bonchev–Trinajstić information content (AvgIpc) is 3.27. The molecule has 9 nitrogen and oxygen atoms in total. The van der Waals surface area contributed by atoms with Crippen molar-refractivity contribution in [2.45, 2.75) is 75.2 Å². The Labute approximate surface area is 209 Å². The number of amides is 2. The molecule has 0 unspecified atom stereocenters. The number of rotatable bonds is 5. The van der Waals surface area contributed by atoms with Crippen LogP contribution >= 0.6 is 0 Å². The minimum Gasteiger partial charge on any atom is -0.497 e. The van der Waals surface area contributed by atoms with Crippen molar-refractivity contribution < 1.29 is 40.7 Å². The van der Waals surface area contributed by atoms with Gasteiger partial charge in [0.1, 0.15) is 17.4 Å². The SMILES string of the molecule is COc1ccc(S(=O)(=O)NC2CCN(C(=O)[C@@H]3CCCN3C(=O)OC(C)(C)C)CC2)c(C(F)(F)F)c1. The quantitative estimate of drug-likeness (QED) is 0.620. The van der Waals surface area contributed by atoms with Crippen LogP contribution in [-0.2, 0) is 25.7 Å². The Kier molecular flexibility index (Phi) is 8.13. The van der Waals surface area contributed by atoms with Crippen LogP contribution in [0.1, 0.15) is 52.0 Å². The van der Waals surface area contributed by atoms with E-state index in [4.69, 9.17) is 9.47 Å². The number of carbonyl (C=O) groups is 2. The highest BCUT2D eigenvalue weighted by atomic mass is 32.2. The van der Waals surface area contributed by atoms with Crippen LogP contribution in [0.2, 0.25) is 0 Å². The summed E-state index contributed by atoms with van der Waals surface area (Å²) in [5, 5.41) is 0. The molecule has 2 saturated heterocycles. The number of likely N-dealkylation sites (tertiary alicyclic amines) is 2. The molecule has 2 aliphatic rings. The zero-order chi connectivity index (χ0) is 26.9. The molecular weight excluding hydrogens is 503 g/mol. The van der Waals surface area contributed by atoms with Gasteiger partial charge >= 0.3 is 12.3 Å². The summed E-state index contributed by atoms with van der Waals surface area (Å²) in [6, 6.07) is 1.37. The first-order valence-corrected chi connectivity index (χ1v) is 13.2. The fourth-order valence-electron chi connectivity index (χ4n) is 4.37. The van der Waals surface area contributed by atoms with Gasteiger partial charge in [-0.3, -0.25) is 9.69 Å². The lowest BCUT2D eigenvalue weighted by molar-refractivity contribution is -0.140. The molecule has 2 fully saturated rings. The topological polar surface area (TPSA) is 105 Å². The average molecular weight is 536 g/mol. The molecule has 0 radical (unpaired) electrons. The summed E-state index contributed by atoms with van der Waals surface area (Å²) in [5.74, 6) is -0.352. The van der Waals surface area contributed by atoms with Crippen molar-refractivity contribution in [2.24, 2.45) is 0 Å². The van der Waals surface area contributed by atoms with Crippen LogP contribution in [0.15, 0.2) is 23.1 Å². The van der Waals surface area contributed by atoms with Crippen LogP contribution in [-0.4, -0.2) is 74.6 Å². The predicted molar refractivity (Wildman–Crippen MR) is 124 cm³/mol. The van der Waals surface area contributed by atoms with Gasteiger partial charge in [0.25, 0.3) is 0 Å². The normalized spacial score (nSPS) is 19.9. The molecule has 1 aromatic rings.